The molecule has 2 heterocycles. The van der Waals surface area contributed by atoms with Crippen LogP contribution >= 0.6 is 22.9 Å². The van der Waals surface area contributed by atoms with Crippen molar-refractivity contribution in [1.82, 2.24) is 4.98 Å². The van der Waals surface area contributed by atoms with Gasteiger partial charge in [0.25, 0.3) is 0 Å². The molecule has 0 radical (unpaired) electrons. The van der Waals surface area contributed by atoms with Crippen molar-refractivity contribution in [3.8, 4) is 0 Å². The van der Waals surface area contributed by atoms with Gasteiger partial charge in [-0.2, -0.15) is 0 Å². The molecule has 0 bridgehead atoms. The molecule has 1 aliphatic rings. The predicted molar refractivity (Wildman–Crippen MR) is 67.7 cm³/mol. The van der Waals surface area contributed by atoms with E-state index in [-0.39, 0.29) is 0 Å². The lowest BCUT2D eigenvalue weighted by Crippen LogP contribution is -2.23. The Bertz CT molecular complexity index is 380. The van der Waals surface area contributed by atoms with Gasteiger partial charge in [0.05, 0.1) is 0 Å². The number of anilines is 1. The van der Waals surface area contributed by atoms with Gasteiger partial charge in [0.2, 0.25) is 0 Å². The number of nitrogens with zero attached hydrogens (tertiary/aromatic N) is 2. The first-order valence-corrected chi connectivity index (χ1v) is 6.76. The Morgan fingerprint density at radius 2 is 2.31 bits per heavy atom. The molecule has 0 aliphatic carbocycles. The lowest BCUT2D eigenvalue weighted by atomic mass is 10.0. The molecule has 1 atom stereocenters. The second-order valence-electron chi connectivity index (χ2n) is 4.29. The number of hydrogen-bond donors (Lipinski definition) is 0. The van der Waals surface area contributed by atoms with Gasteiger partial charge in [-0.15, -0.1) is 0 Å². The number of carbonyl (C=O) groups is 1. The van der Waals surface area contributed by atoms with Gasteiger partial charge in [-0.05, 0) is 25.2 Å². The number of carbonyl (C=O) groups excluding carboxylic acids is 1. The summed E-state index contributed by atoms with van der Waals surface area (Å²) in [7, 11) is 0. The molecule has 1 unspecified atom stereocenters. The number of halogens is 1. The summed E-state index contributed by atoms with van der Waals surface area (Å²) in [5.74, 6) is 0.783. The maximum atomic E-state index is 10.7. The zero-order chi connectivity index (χ0) is 11.5. The van der Waals surface area contributed by atoms with E-state index >= 15 is 0 Å². The molecule has 1 aromatic heterocycles. The van der Waals surface area contributed by atoms with Crippen LogP contribution in [0.4, 0.5) is 5.13 Å². The van der Waals surface area contributed by atoms with Gasteiger partial charge >= 0.3 is 0 Å². The Morgan fingerprint density at radius 1 is 1.50 bits per heavy atom. The highest BCUT2D eigenvalue weighted by molar-refractivity contribution is 7.17. The van der Waals surface area contributed by atoms with E-state index in [2.05, 4.69) is 16.8 Å². The third-order valence-corrected chi connectivity index (χ3v) is 4.43. The zero-order valence-electron chi connectivity index (χ0n) is 9.28. The average Bonchev–Trinajstić information content (AvgIpc) is 2.50. The van der Waals surface area contributed by atoms with Crippen molar-refractivity contribution in [2.75, 3.05) is 18.0 Å². The minimum Gasteiger partial charge on any atom is -0.348 e. The predicted octanol–water partition coefficient (Wildman–Crippen LogP) is 3.24. The summed E-state index contributed by atoms with van der Waals surface area (Å²) in [6.07, 6.45) is 4.43. The first-order valence-electron chi connectivity index (χ1n) is 5.57. The Kier molecular flexibility index (Phi) is 3.82. The van der Waals surface area contributed by atoms with Crippen LogP contribution in [-0.4, -0.2) is 24.4 Å². The maximum absolute atomic E-state index is 10.7. The smallest absolute Gasteiger partial charge is 0.187 e. The van der Waals surface area contributed by atoms with Crippen LogP contribution in [-0.2, 0) is 0 Å². The Balaban J connectivity index is 2.13. The van der Waals surface area contributed by atoms with Crippen molar-refractivity contribution in [2.24, 2.45) is 5.92 Å². The van der Waals surface area contributed by atoms with Gasteiger partial charge in [-0.25, -0.2) is 4.98 Å². The van der Waals surface area contributed by atoms with Gasteiger partial charge in [-0.3, -0.25) is 4.79 Å². The Morgan fingerprint density at radius 3 is 3.00 bits per heavy atom. The second-order valence-corrected chi connectivity index (χ2v) is 5.66. The van der Waals surface area contributed by atoms with Gasteiger partial charge in [0, 0.05) is 13.1 Å². The lowest BCUT2D eigenvalue weighted by Gasteiger charge is -2.18. The summed E-state index contributed by atoms with van der Waals surface area (Å²) in [5.41, 5.74) is 0. The van der Waals surface area contributed by atoms with E-state index in [4.69, 9.17) is 11.6 Å². The van der Waals surface area contributed by atoms with Gasteiger partial charge < -0.3 is 4.90 Å². The monoisotopic (exact) mass is 258 g/mol. The molecule has 1 fully saturated rings. The summed E-state index contributed by atoms with van der Waals surface area (Å²) in [4.78, 5) is 17.7. The van der Waals surface area contributed by atoms with Crippen LogP contribution in [0.25, 0.3) is 0 Å². The van der Waals surface area contributed by atoms with E-state index in [0.717, 1.165) is 30.4 Å². The van der Waals surface area contributed by atoms with E-state index in [0.29, 0.717) is 10.0 Å². The van der Waals surface area contributed by atoms with Crippen LogP contribution in [0.2, 0.25) is 5.15 Å². The van der Waals surface area contributed by atoms with Crippen molar-refractivity contribution < 1.29 is 4.79 Å². The standard InChI is InChI=1S/C11H15ClN2OS/c1-8-3-2-5-14(6-4-8)11-13-10(12)9(7-15)16-11/h7-8H,2-6H2,1H3. The van der Waals surface area contributed by atoms with E-state index in [1.165, 1.54) is 30.6 Å². The number of aldehydes is 1. The molecule has 16 heavy (non-hydrogen) atoms. The van der Waals surface area contributed by atoms with E-state index in [1.807, 2.05) is 0 Å². The van der Waals surface area contributed by atoms with E-state index < -0.39 is 0 Å². The SMILES string of the molecule is CC1CCCN(c2nc(Cl)c(C=O)s2)CC1. The number of hydrogen-bond acceptors (Lipinski definition) is 4. The molecule has 0 saturated carbocycles. The normalized spacial score (nSPS) is 21.9. The first kappa shape index (κ1) is 11.9. The minimum absolute atomic E-state index is 0.340. The van der Waals surface area contributed by atoms with Crippen LogP contribution in [0, 0.1) is 5.92 Å². The highest BCUT2D eigenvalue weighted by Crippen LogP contribution is 2.30. The van der Waals surface area contributed by atoms with E-state index in [1.54, 1.807) is 0 Å². The highest BCUT2D eigenvalue weighted by atomic mass is 35.5. The molecule has 0 spiro atoms. The summed E-state index contributed by atoms with van der Waals surface area (Å²) >= 11 is 7.27. The summed E-state index contributed by atoms with van der Waals surface area (Å²) < 4.78 is 0. The van der Waals surface area contributed by atoms with Gasteiger partial charge in [0.15, 0.2) is 16.6 Å². The fourth-order valence-electron chi connectivity index (χ4n) is 1.96. The lowest BCUT2D eigenvalue weighted by molar-refractivity contribution is 0.112. The molecular formula is C11H15ClN2OS. The quantitative estimate of drug-likeness (QED) is 0.764. The van der Waals surface area contributed by atoms with Crippen molar-refractivity contribution >= 4 is 34.4 Å². The van der Waals surface area contributed by atoms with Crippen LogP contribution in [0.1, 0.15) is 35.9 Å². The van der Waals surface area contributed by atoms with Crippen LogP contribution in [0.5, 0.6) is 0 Å². The minimum atomic E-state index is 0.340. The Labute approximate surface area is 104 Å². The summed E-state index contributed by atoms with van der Waals surface area (Å²) in [6, 6.07) is 0. The molecule has 5 heteroatoms. The Hall–Kier alpha value is -0.610. The summed E-state index contributed by atoms with van der Waals surface area (Å²) in [6.45, 7) is 4.32. The van der Waals surface area contributed by atoms with Crippen molar-refractivity contribution in [2.45, 2.75) is 26.2 Å². The number of rotatable bonds is 2. The van der Waals surface area contributed by atoms with E-state index in [9.17, 15) is 4.79 Å². The van der Waals surface area contributed by atoms with Crippen LogP contribution in [0.15, 0.2) is 0 Å². The molecule has 0 amide bonds. The van der Waals surface area contributed by atoms with Crippen LogP contribution < -0.4 is 4.90 Å². The fourth-order valence-corrected chi connectivity index (χ4v) is 3.08. The molecule has 1 aliphatic heterocycles. The first-order chi connectivity index (χ1) is 7.70. The van der Waals surface area contributed by atoms with Gasteiger partial charge in [-0.1, -0.05) is 29.9 Å². The van der Waals surface area contributed by atoms with Crippen molar-refractivity contribution in [1.29, 1.82) is 0 Å². The number of thiazole rings is 1. The van der Waals surface area contributed by atoms with Crippen LogP contribution in [0.3, 0.4) is 0 Å². The zero-order valence-corrected chi connectivity index (χ0v) is 10.9. The molecule has 88 valence electrons. The largest absolute Gasteiger partial charge is 0.348 e. The molecule has 0 aromatic carbocycles. The second kappa shape index (κ2) is 5.15. The third-order valence-electron chi connectivity index (χ3n) is 2.99. The molecule has 2 rings (SSSR count). The van der Waals surface area contributed by atoms with Gasteiger partial charge in [0.1, 0.15) is 4.88 Å². The number of aromatic nitrogens is 1. The third kappa shape index (κ3) is 2.55. The van der Waals surface area contributed by atoms with Crippen molar-refractivity contribution in [3.05, 3.63) is 10.0 Å². The molecule has 0 N–H and O–H groups in total. The molecule has 1 saturated heterocycles. The molecule has 1 aromatic rings. The molecular weight excluding hydrogens is 244 g/mol. The summed E-state index contributed by atoms with van der Waals surface area (Å²) in [5, 5.41) is 1.23. The topological polar surface area (TPSA) is 33.2 Å². The fraction of sp³-hybridized carbons (Fsp3) is 0.636. The maximum Gasteiger partial charge on any atom is 0.187 e. The van der Waals surface area contributed by atoms with Crippen molar-refractivity contribution in [3.63, 3.8) is 0 Å². The average molecular weight is 259 g/mol. The highest BCUT2D eigenvalue weighted by Gasteiger charge is 2.18. The molecule has 3 nitrogen and oxygen atoms in total.